The molecule has 1 saturated carbocycles. The number of carbonyl (C=O) groups excluding carboxylic acids is 1. The van der Waals surface area contributed by atoms with E-state index in [1.165, 1.54) is 0 Å². The zero-order chi connectivity index (χ0) is 13.8. The second-order valence-electron chi connectivity index (χ2n) is 4.78. The van der Waals surface area contributed by atoms with Crippen molar-refractivity contribution < 1.29 is 14.3 Å². The van der Waals surface area contributed by atoms with Crippen LogP contribution in [0.5, 0.6) is 11.5 Å². The Morgan fingerprint density at radius 3 is 2.32 bits per heavy atom. The lowest BCUT2D eigenvalue weighted by Gasteiger charge is -2.17. The summed E-state index contributed by atoms with van der Waals surface area (Å²) in [5.74, 6) is 1.06. The molecule has 5 nitrogen and oxygen atoms in total. The second kappa shape index (κ2) is 5.93. The fourth-order valence-corrected chi connectivity index (χ4v) is 2.36. The predicted octanol–water partition coefficient (Wildman–Crippen LogP) is 1.31. The first-order chi connectivity index (χ1) is 9.13. The summed E-state index contributed by atoms with van der Waals surface area (Å²) in [5, 5.41) is 2.97. The maximum atomic E-state index is 12.2. The van der Waals surface area contributed by atoms with Gasteiger partial charge in [0, 0.05) is 23.7 Å². The van der Waals surface area contributed by atoms with Gasteiger partial charge in [-0.15, -0.1) is 0 Å². The van der Waals surface area contributed by atoms with Crippen LogP contribution in [0.4, 0.5) is 0 Å². The van der Waals surface area contributed by atoms with E-state index in [9.17, 15) is 4.79 Å². The first-order valence-corrected chi connectivity index (χ1v) is 6.43. The number of amides is 1. The van der Waals surface area contributed by atoms with E-state index >= 15 is 0 Å². The van der Waals surface area contributed by atoms with Crippen LogP contribution in [0, 0.1) is 0 Å². The number of nitrogens with one attached hydrogen (secondary N) is 1. The Labute approximate surface area is 113 Å². The number of hydrogen-bond donors (Lipinski definition) is 2. The van der Waals surface area contributed by atoms with Gasteiger partial charge in [-0.25, -0.2) is 0 Å². The third kappa shape index (κ3) is 3.17. The number of benzene rings is 1. The molecule has 2 unspecified atom stereocenters. The Hall–Kier alpha value is -1.75. The van der Waals surface area contributed by atoms with Gasteiger partial charge in [-0.2, -0.15) is 0 Å². The van der Waals surface area contributed by atoms with Crippen molar-refractivity contribution in [1.82, 2.24) is 5.32 Å². The summed E-state index contributed by atoms with van der Waals surface area (Å²) in [5.41, 5.74) is 6.48. The molecule has 0 heterocycles. The number of hydrogen-bond acceptors (Lipinski definition) is 4. The highest BCUT2D eigenvalue weighted by molar-refractivity contribution is 5.95. The molecule has 0 saturated heterocycles. The molecule has 0 radical (unpaired) electrons. The van der Waals surface area contributed by atoms with E-state index in [2.05, 4.69) is 5.32 Å². The molecule has 0 bridgehead atoms. The smallest absolute Gasteiger partial charge is 0.251 e. The van der Waals surface area contributed by atoms with Crippen LogP contribution < -0.4 is 20.5 Å². The van der Waals surface area contributed by atoms with Crippen LogP contribution in [0.15, 0.2) is 18.2 Å². The van der Waals surface area contributed by atoms with Crippen LogP contribution in [0.3, 0.4) is 0 Å². The van der Waals surface area contributed by atoms with Gasteiger partial charge in [0.15, 0.2) is 0 Å². The molecule has 0 aromatic heterocycles. The van der Waals surface area contributed by atoms with Crippen molar-refractivity contribution in [3.63, 3.8) is 0 Å². The molecule has 19 heavy (non-hydrogen) atoms. The molecule has 1 aromatic carbocycles. The molecular formula is C14H20N2O3. The Morgan fingerprint density at radius 1 is 1.21 bits per heavy atom. The average molecular weight is 264 g/mol. The molecule has 2 rings (SSSR count). The molecule has 5 heteroatoms. The summed E-state index contributed by atoms with van der Waals surface area (Å²) < 4.78 is 10.3. The van der Waals surface area contributed by atoms with Gasteiger partial charge < -0.3 is 20.5 Å². The van der Waals surface area contributed by atoms with E-state index in [1.807, 2.05) is 0 Å². The molecular weight excluding hydrogens is 244 g/mol. The topological polar surface area (TPSA) is 73.6 Å². The quantitative estimate of drug-likeness (QED) is 0.860. The average Bonchev–Trinajstić information content (AvgIpc) is 2.83. The minimum Gasteiger partial charge on any atom is -0.497 e. The fraction of sp³-hybridized carbons (Fsp3) is 0.500. The van der Waals surface area contributed by atoms with E-state index < -0.39 is 0 Å². The SMILES string of the molecule is COc1cc(OC)cc(C(=O)NC2CCCC2N)c1. The van der Waals surface area contributed by atoms with Gasteiger partial charge in [-0.3, -0.25) is 4.79 Å². The Bertz CT molecular complexity index is 440. The minimum atomic E-state index is -0.139. The van der Waals surface area contributed by atoms with Gasteiger partial charge in [0.05, 0.1) is 14.2 Å². The lowest BCUT2D eigenvalue weighted by molar-refractivity contribution is 0.0934. The van der Waals surface area contributed by atoms with Crippen molar-refractivity contribution in [3.8, 4) is 11.5 Å². The summed E-state index contributed by atoms with van der Waals surface area (Å²) >= 11 is 0. The largest absolute Gasteiger partial charge is 0.497 e. The van der Waals surface area contributed by atoms with E-state index in [1.54, 1.807) is 32.4 Å². The van der Waals surface area contributed by atoms with Crippen LogP contribution in [0.1, 0.15) is 29.6 Å². The van der Waals surface area contributed by atoms with Crippen LogP contribution in [-0.4, -0.2) is 32.2 Å². The zero-order valence-corrected chi connectivity index (χ0v) is 11.3. The number of nitrogens with two attached hydrogens (primary N) is 1. The molecule has 1 aliphatic carbocycles. The molecule has 1 aromatic rings. The monoisotopic (exact) mass is 264 g/mol. The van der Waals surface area contributed by atoms with E-state index in [0.717, 1.165) is 19.3 Å². The van der Waals surface area contributed by atoms with Crippen molar-refractivity contribution in [2.45, 2.75) is 31.3 Å². The van der Waals surface area contributed by atoms with E-state index in [0.29, 0.717) is 17.1 Å². The van der Waals surface area contributed by atoms with E-state index in [-0.39, 0.29) is 18.0 Å². The minimum absolute atomic E-state index is 0.0523. The Balaban J connectivity index is 2.13. The van der Waals surface area contributed by atoms with Gasteiger partial charge in [-0.1, -0.05) is 0 Å². The Kier molecular flexibility index (Phi) is 4.27. The standard InChI is InChI=1S/C14H20N2O3/c1-18-10-6-9(7-11(8-10)19-2)14(17)16-13-5-3-4-12(13)15/h6-8,12-13H,3-5,15H2,1-2H3,(H,16,17). The predicted molar refractivity (Wildman–Crippen MR) is 72.6 cm³/mol. The van der Waals surface area contributed by atoms with Crippen molar-refractivity contribution in [2.75, 3.05) is 14.2 Å². The maximum absolute atomic E-state index is 12.2. The van der Waals surface area contributed by atoms with Gasteiger partial charge in [0.2, 0.25) is 0 Å². The summed E-state index contributed by atoms with van der Waals surface area (Å²) in [7, 11) is 3.12. The fourth-order valence-electron chi connectivity index (χ4n) is 2.36. The molecule has 0 aliphatic heterocycles. The zero-order valence-electron chi connectivity index (χ0n) is 11.3. The number of carbonyl (C=O) groups is 1. The van der Waals surface area contributed by atoms with E-state index in [4.69, 9.17) is 15.2 Å². The second-order valence-corrected chi connectivity index (χ2v) is 4.78. The molecule has 104 valence electrons. The highest BCUT2D eigenvalue weighted by atomic mass is 16.5. The number of ether oxygens (including phenoxy) is 2. The van der Waals surface area contributed by atoms with Crippen molar-refractivity contribution in [1.29, 1.82) is 0 Å². The molecule has 2 atom stereocenters. The number of methoxy groups -OCH3 is 2. The number of rotatable bonds is 4. The van der Waals surface area contributed by atoms with Crippen molar-refractivity contribution in [2.24, 2.45) is 5.73 Å². The first-order valence-electron chi connectivity index (χ1n) is 6.43. The molecule has 0 spiro atoms. The van der Waals surface area contributed by atoms with Crippen LogP contribution >= 0.6 is 0 Å². The van der Waals surface area contributed by atoms with Crippen LogP contribution in [0.2, 0.25) is 0 Å². The van der Waals surface area contributed by atoms with Gasteiger partial charge in [0.25, 0.3) is 5.91 Å². The summed E-state index contributed by atoms with van der Waals surface area (Å²) in [6.45, 7) is 0. The molecule has 3 N–H and O–H groups in total. The van der Waals surface area contributed by atoms with Gasteiger partial charge in [0.1, 0.15) is 11.5 Å². The Morgan fingerprint density at radius 2 is 1.84 bits per heavy atom. The van der Waals surface area contributed by atoms with Crippen LogP contribution in [-0.2, 0) is 0 Å². The highest BCUT2D eigenvalue weighted by Crippen LogP contribution is 2.23. The maximum Gasteiger partial charge on any atom is 0.251 e. The van der Waals surface area contributed by atoms with Crippen molar-refractivity contribution in [3.05, 3.63) is 23.8 Å². The molecule has 1 fully saturated rings. The van der Waals surface area contributed by atoms with Gasteiger partial charge in [-0.05, 0) is 31.4 Å². The molecule has 1 amide bonds. The first kappa shape index (κ1) is 13.7. The summed E-state index contributed by atoms with van der Waals surface area (Å²) in [6, 6.07) is 5.23. The third-order valence-electron chi connectivity index (χ3n) is 3.50. The summed E-state index contributed by atoms with van der Waals surface area (Å²) in [6.07, 6.45) is 2.97. The lowest BCUT2D eigenvalue weighted by atomic mass is 10.1. The highest BCUT2D eigenvalue weighted by Gasteiger charge is 2.25. The molecule has 1 aliphatic rings. The van der Waals surface area contributed by atoms with Crippen molar-refractivity contribution >= 4 is 5.91 Å². The lowest BCUT2D eigenvalue weighted by Crippen LogP contribution is -2.43. The van der Waals surface area contributed by atoms with Crippen LogP contribution in [0.25, 0.3) is 0 Å². The normalized spacial score (nSPS) is 22.1. The summed E-state index contributed by atoms with van der Waals surface area (Å²) in [4.78, 5) is 12.2. The van der Waals surface area contributed by atoms with Gasteiger partial charge >= 0.3 is 0 Å². The third-order valence-corrected chi connectivity index (χ3v) is 3.50.